The molecule has 0 fully saturated rings. The molecule has 1 rings (SSSR count). The van der Waals surface area contributed by atoms with E-state index in [1.165, 1.54) is 0 Å². The van der Waals surface area contributed by atoms with Gasteiger partial charge in [0.25, 0.3) is 0 Å². The fourth-order valence-corrected chi connectivity index (χ4v) is 1.87. The minimum atomic E-state index is -3.20. The number of benzene rings is 1. The maximum absolute atomic E-state index is 11.0. The van der Waals surface area contributed by atoms with Gasteiger partial charge in [0.2, 0.25) is 10.0 Å². The number of nitrogens with one attached hydrogen (secondary N) is 2. The van der Waals surface area contributed by atoms with Gasteiger partial charge in [-0.05, 0) is 24.6 Å². The van der Waals surface area contributed by atoms with Gasteiger partial charge in [-0.25, -0.2) is 8.42 Å². The molecule has 0 aromatic heterocycles. The molecule has 2 N–H and O–H groups in total. The number of rotatable bonds is 6. The van der Waals surface area contributed by atoms with Gasteiger partial charge in [-0.15, -0.1) is 0 Å². The fraction of sp³-hybridized carbons (Fsp3) is 0.455. The summed E-state index contributed by atoms with van der Waals surface area (Å²) in [5.74, 6) is 0. The predicted octanol–water partition coefficient (Wildman–Crippen LogP) is 2.27. The lowest BCUT2D eigenvalue weighted by Crippen LogP contribution is -2.09. The lowest BCUT2D eigenvalue weighted by atomic mass is 10.2. The van der Waals surface area contributed by atoms with Crippen LogP contribution < -0.4 is 10.0 Å². The summed E-state index contributed by atoms with van der Waals surface area (Å²) in [6.45, 7) is 3.03. The van der Waals surface area contributed by atoms with E-state index in [1.54, 1.807) is 12.1 Å². The Bertz CT molecular complexity index is 429. The van der Waals surface area contributed by atoms with Crippen LogP contribution >= 0.6 is 0 Å². The normalized spacial score (nSPS) is 11.1. The Morgan fingerprint density at radius 3 is 2.56 bits per heavy atom. The molecule has 0 unspecified atom stereocenters. The highest BCUT2D eigenvalue weighted by molar-refractivity contribution is 7.92. The minimum Gasteiger partial charge on any atom is -0.385 e. The van der Waals surface area contributed by atoms with E-state index in [9.17, 15) is 8.42 Å². The van der Waals surface area contributed by atoms with Crippen molar-refractivity contribution in [3.63, 3.8) is 0 Å². The predicted molar refractivity (Wildman–Crippen MR) is 68.3 cm³/mol. The summed E-state index contributed by atoms with van der Waals surface area (Å²) in [6.07, 6.45) is 3.38. The van der Waals surface area contributed by atoms with Crippen molar-refractivity contribution in [3.8, 4) is 0 Å². The second kappa shape index (κ2) is 5.75. The molecule has 0 saturated carbocycles. The molecular formula is C11H18N2O2S. The molecule has 16 heavy (non-hydrogen) atoms. The molecule has 0 aliphatic rings. The maximum atomic E-state index is 11.0. The number of hydrogen-bond donors (Lipinski definition) is 2. The third kappa shape index (κ3) is 5.02. The first-order valence-corrected chi connectivity index (χ1v) is 7.22. The highest BCUT2D eigenvalue weighted by atomic mass is 32.2. The third-order valence-corrected chi connectivity index (χ3v) is 2.63. The summed E-state index contributed by atoms with van der Waals surface area (Å²) in [7, 11) is -3.20. The smallest absolute Gasteiger partial charge is 0.229 e. The van der Waals surface area contributed by atoms with E-state index in [4.69, 9.17) is 0 Å². The minimum absolute atomic E-state index is 0.587. The van der Waals surface area contributed by atoms with Gasteiger partial charge in [-0.1, -0.05) is 19.4 Å². The molecular weight excluding hydrogens is 224 g/mol. The summed E-state index contributed by atoms with van der Waals surface area (Å²) in [6, 6.07) is 7.26. The molecule has 90 valence electrons. The first kappa shape index (κ1) is 12.8. The summed E-state index contributed by atoms with van der Waals surface area (Å²) in [4.78, 5) is 0. The van der Waals surface area contributed by atoms with Crippen LogP contribution in [0.2, 0.25) is 0 Å². The van der Waals surface area contributed by atoms with E-state index >= 15 is 0 Å². The van der Waals surface area contributed by atoms with Crippen LogP contribution in [0.25, 0.3) is 0 Å². The first-order valence-electron chi connectivity index (χ1n) is 5.33. The van der Waals surface area contributed by atoms with E-state index in [1.807, 2.05) is 12.1 Å². The fourth-order valence-electron chi connectivity index (χ4n) is 1.32. The number of unbranched alkanes of at least 4 members (excludes halogenated alkanes) is 1. The SMILES string of the molecule is CCCCNc1cccc(NS(C)(=O)=O)c1. The van der Waals surface area contributed by atoms with E-state index in [0.29, 0.717) is 5.69 Å². The largest absolute Gasteiger partial charge is 0.385 e. The zero-order chi connectivity index (χ0) is 12.0. The molecule has 0 spiro atoms. The van der Waals surface area contributed by atoms with Crippen LogP contribution in [0.4, 0.5) is 11.4 Å². The second-order valence-electron chi connectivity index (χ2n) is 3.74. The second-order valence-corrected chi connectivity index (χ2v) is 5.48. The molecule has 1 aromatic carbocycles. The summed E-state index contributed by atoms with van der Waals surface area (Å²) in [5, 5.41) is 3.24. The Morgan fingerprint density at radius 1 is 1.25 bits per heavy atom. The summed E-state index contributed by atoms with van der Waals surface area (Å²) >= 11 is 0. The van der Waals surface area contributed by atoms with E-state index in [-0.39, 0.29) is 0 Å². The monoisotopic (exact) mass is 242 g/mol. The van der Waals surface area contributed by atoms with Gasteiger partial charge in [0.15, 0.2) is 0 Å². The molecule has 0 aliphatic heterocycles. The molecule has 4 nitrogen and oxygen atoms in total. The van der Waals surface area contributed by atoms with Gasteiger partial charge in [-0.3, -0.25) is 4.72 Å². The zero-order valence-corrected chi connectivity index (χ0v) is 10.5. The van der Waals surface area contributed by atoms with E-state index in [2.05, 4.69) is 17.0 Å². The van der Waals surface area contributed by atoms with Gasteiger partial charge in [0, 0.05) is 12.2 Å². The molecule has 0 bridgehead atoms. The van der Waals surface area contributed by atoms with Crippen LogP contribution in [-0.2, 0) is 10.0 Å². The third-order valence-electron chi connectivity index (χ3n) is 2.03. The Morgan fingerprint density at radius 2 is 1.94 bits per heavy atom. The van der Waals surface area contributed by atoms with Crippen LogP contribution in [-0.4, -0.2) is 21.2 Å². The lowest BCUT2D eigenvalue weighted by molar-refractivity contribution is 0.607. The highest BCUT2D eigenvalue weighted by Gasteiger charge is 2.01. The number of anilines is 2. The molecule has 0 heterocycles. The molecule has 0 amide bonds. The maximum Gasteiger partial charge on any atom is 0.229 e. The van der Waals surface area contributed by atoms with Crippen LogP contribution in [0, 0.1) is 0 Å². The quantitative estimate of drug-likeness (QED) is 0.752. The van der Waals surface area contributed by atoms with Crippen molar-refractivity contribution >= 4 is 21.4 Å². The average Bonchev–Trinajstić information content (AvgIpc) is 2.16. The van der Waals surface area contributed by atoms with Crippen LogP contribution in [0.3, 0.4) is 0 Å². The van der Waals surface area contributed by atoms with Crippen molar-refractivity contribution in [2.45, 2.75) is 19.8 Å². The van der Waals surface area contributed by atoms with E-state index in [0.717, 1.165) is 31.3 Å². The van der Waals surface area contributed by atoms with Gasteiger partial charge in [0.05, 0.1) is 11.9 Å². The zero-order valence-electron chi connectivity index (χ0n) is 9.66. The van der Waals surface area contributed by atoms with Crippen LogP contribution in [0.1, 0.15) is 19.8 Å². The molecule has 0 aliphatic carbocycles. The standard InChI is InChI=1S/C11H18N2O2S/c1-3-4-8-12-10-6-5-7-11(9-10)13-16(2,14)15/h5-7,9,12-13H,3-4,8H2,1-2H3. The average molecular weight is 242 g/mol. The number of hydrogen-bond acceptors (Lipinski definition) is 3. The lowest BCUT2D eigenvalue weighted by Gasteiger charge is -2.08. The Labute approximate surface area is 97.1 Å². The Hall–Kier alpha value is -1.23. The van der Waals surface area contributed by atoms with Gasteiger partial charge in [0.1, 0.15) is 0 Å². The van der Waals surface area contributed by atoms with Crippen molar-refractivity contribution < 1.29 is 8.42 Å². The molecule has 1 aromatic rings. The summed E-state index contributed by atoms with van der Waals surface area (Å²) < 4.78 is 24.5. The Kier molecular flexibility index (Phi) is 4.61. The molecule has 5 heteroatoms. The van der Waals surface area contributed by atoms with Crippen LogP contribution in [0.15, 0.2) is 24.3 Å². The molecule has 0 radical (unpaired) electrons. The molecule has 0 saturated heterocycles. The van der Waals surface area contributed by atoms with Crippen molar-refractivity contribution in [3.05, 3.63) is 24.3 Å². The van der Waals surface area contributed by atoms with E-state index < -0.39 is 10.0 Å². The topological polar surface area (TPSA) is 58.2 Å². The van der Waals surface area contributed by atoms with Gasteiger partial charge < -0.3 is 5.32 Å². The van der Waals surface area contributed by atoms with Crippen molar-refractivity contribution in [1.82, 2.24) is 0 Å². The highest BCUT2D eigenvalue weighted by Crippen LogP contribution is 2.15. The molecule has 0 atom stereocenters. The van der Waals surface area contributed by atoms with Crippen molar-refractivity contribution in [1.29, 1.82) is 0 Å². The van der Waals surface area contributed by atoms with Gasteiger partial charge in [-0.2, -0.15) is 0 Å². The first-order chi connectivity index (χ1) is 7.51. The van der Waals surface area contributed by atoms with Crippen molar-refractivity contribution in [2.24, 2.45) is 0 Å². The van der Waals surface area contributed by atoms with Crippen LogP contribution in [0.5, 0.6) is 0 Å². The van der Waals surface area contributed by atoms with Crippen molar-refractivity contribution in [2.75, 3.05) is 22.8 Å². The summed E-state index contributed by atoms with van der Waals surface area (Å²) in [5.41, 5.74) is 1.52. The Balaban J connectivity index is 2.64. The van der Waals surface area contributed by atoms with Gasteiger partial charge >= 0.3 is 0 Å². The number of sulfonamides is 1.